The topological polar surface area (TPSA) is 99.5 Å². The first-order valence-electron chi connectivity index (χ1n) is 12.7. The summed E-state index contributed by atoms with van der Waals surface area (Å²) in [4.78, 5) is 29.4. The van der Waals surface area contributed by atoms with E-state index in [0.717, 1.165) is 0 Å². The molecule has 1 aliphatic rings. The Hall–Kier alpha value is -2.04. The van der Waals surface area contributed by atoms with E-state index in [0.29, 0.717) is 38.0 Å². The minimum Gasteiger partial charge on any atom is -0.388 e. The van der Waals surface area contributed by atoms with Crippen LogP contribution in [0.5, 0.6) is 0 Å². The minimum absolute atomic E-state index is 0.0434. The number of aliphatic hydroxyl groups excluding tert-OH is 2. The number of rotatable bonds is 5. The zero-order valence-electron chi connectivity index (χ0n) is 22.1. The predicted molar refractivity (Wildman–Crippen MR) is 141 cm³/mol. The molecule has 0 bridgehead atoms. The molecule has 0 aliphatic carbocycles. The molecule has 0 saturated carbocycles. The summed E-state index contributed by atoms with van der Waals surface area (Å²) in [5, 5.41) is 21.2. The van der Waals surface area contributed by atoms with Gasteiger partial charge in [-0.05, 0) is 49.0 Å². The summed E-state index contributed by atoms with van der Waals surface area (Å²) in [5.41, 5.74) is 0.521. The van der Waals surface area contributed by atoms with Crippen molar-refractivity contribution in [1.82, 2.24) is 9.80 Å². The molecule has 8 nitrogen and oxygen atoms in total. The van der Waals surface area contributed by atoms with E-state index in [4.69, 9.17) is 21.1 Å². The zero-order chi connectivity index (χ0) is 27.5. The van der Waals surface area contributed by atoms with E-state index >= 15 is 0 Å². The molecule has 1 saturated heterocycles. The van der Waals surface area contributed by atoms with Crippen LogP contribution in [0.1, 0.15) is 45.6 Å². The van der Waals surface area contributed by atoms with Crippen molar-refractivity contribution in [2.45, 2.75) is 64.4 Å². The second-order valence-corrected chi connectivity index (χ2v) is 10.3. The van der Waals surface area contributed by atoms with Crippen LogP contribution in [0.2, 0.25) is 5.02 Å². The molecule has 0 unspecified atom stereocenters. The number of aliphatic hydroxyl groups is 2. The maximum absolute atomic E-state index is 13.5. The zero-order valence-corrected chi connectivity index (χ0v) is 22.9. The van der Waals surface area contributed by atoms with Crippen LogP contribution in [0.3, 0.4) is 0 Å². The van der Waals surface area contributed by atoms with E-state index in [1.54, 1.807) is 15.9 Å². The Kier molecular flexibility index (Phi) is 13.0. The van der Waals surface area contributed by atoms with E-state index in [-0.39, 0.29) is 48.5 Å². The fourth-order valence-corrected chi connectivity index (χ4v) is 4.60. The van der Waals surface area contributed by atoms with Gasteiger partial charge in [-0.2, -0.15) is 0 Å². The lowest BCUT2D eigenvalue weighted by Gasteiger charge is -2.38. The molecule has 1 aliphatic heterocycles. The highest BCUT2D eigenvalue weighted by Crippen LogP contribution is 2.21. The number of methoxy groups -OCH3 is 1. The third-order valence-corrected chi connectivity index (χ3v) is 6.74. The number of hydrogen-bond acceptors (Lipinski definition) is 6. The van der Waals surface area contributed by atoms with Crippen LogP contribution in [0, 0.1) is 11.7 Å². The number of nitrogens with zero attached hydrogens (tertiary/aromatic N) is 2. The highest BCUT2D eigenvalue weighted by molar-refractivity contribution is 6.32. The summed E-state index contributed by atoms with van der Waals surface area (Å²) in [6.07, 6.45) is 1.65. The molecule has 2 rings (SSSR count). The molecule has 4 atom stereocenters. The van der Waals surface area contributed by atoms with E-state index < -0.39 is 24.1 Å². The Morgan fingerprint density at radius 3 is 2.62 bits per heavy atom. The number of carbonyl (C=O) groups excluding carboxylic acids is 2. The lowest BCUT2D eigenvalue weighted by atomic mass is 10.00. The number of ether oxygens (including phenoxy) is 2. The molecule has 0 spiro atoms. The van der Waals surface area contributed by atoms with Crippen molar-refractivity contribution < 1.29 is 33.7 Å². The SMILES string of the molecule is CO[C@@H]1CN(C(C)=O)C[C@H](CC(C)C)N(C(=O)C=Cc2ccc(F)cc2Cl)CCCCOC[C@@H](O)[C@H]1O. The molecule has 1 aromatic carbocycles. The van der Waals surface area contributed by atoms with Gasteiger partial charge in [0.2, 0.25) is 11.8 Å². The molecule has 1 aromatic rings. The largest absolute Gasteiger partial charge is 0.388 e. The van der Waals surface area contributed by atoms with Gasteiger partial charge in [0.15, 0.2) is 0 Å². The Morgan fingerprint density at radius 2 is 2.00 bits per heavy atom. The van der Waals surface area contributed by atoms with Crippen molar-refractivity contribution in [2.24, 2.45) is 5.92 Å². The average Bonchev–Trinajstić information content (AvgIpc) is 2.83. The first-order valence-corrected chi connectivity index (χ1v) is 13.1. The number of carbonyl (C=O) groups is 2. The highest BCUT2D eigenvalue weighted by Gasteiger charge is 2.32. The van der Waals surface area contributed by atoms with Crippen LogP contribution in [0.15, 0.2) is 24.3 Å². The highest BCUT2D eigenvalue weighted by atomic mass is 35.5. The molecule has 208 valence electrons. The summed E-state index contributed by atoms with van der Waals surface area (Å²) in [6, 6.07) is 3.67. The smallest absolute Gasteiger partial charge is 0.246 e. The maximum Gasteiger partial charge on any atom is 0.246 e. The van der Waals surface area contributed by atoms with Gasteiger partial charge in [0, 0.05) is 52.4 Å². The summed E-state index contributed by atoms with van der Waals surface area (Å²) in [6.45, 7) is 6.53. The fraction of sp³-hybridized carbons (Fsp3) is 0.630. The Morgan fingerprint density at radius 1 is 1.27 bits per heavy atom. The number of benzene rings is 1. The van der Waals surface area contributed by atoms with Gasteiger partial charge in [0.1, 0.15) is 24.1 Å². The van der Waals surface area contributed by atoms with Crippen LogP contribution in [0.4, 0.5) is 4.39 Å². The third kappa shape index (κ3) is 9.98. The Labute approximate surface area is 224 Å². The monoisotopic (exact) mass is 542 g/mol. The van der Waals surface area contributed by atoms with E-state index in [9.17, 15) is 24.2 Å². The summed E-state index contributed by atoms with van der Waals surface area (Å²) in [5.74, 6) is -0.709. The van der Waals surface area contributed by atoms with E-state index in [2.05, 4.69) is 0 Å². The van der Waals surface area contributed by atoms with Crippen molar-refractivity contribution in [3.8, 4) is 0 Å². The Balaban J connectivity index is 2.38. The van der Waals surface area contributed by atoms with Crippen LogP contribution in [-0.4, -0.2) is 96.1 Å². The second-order valence-electron chi connectivity index (χ2n) is 9.85. The van der Waals surface area contributed by atoms with Gasteiger partial charge in [0.05, 0.1) is 11.6 Å². The summed E-state index contributed by atoms with van der Waals surface area (Å²) < 4.78 is 24.4. The van der Waals surface area contributed by atoms with Gasteiger partial charge >= 0.3 is 0 Å². The molecule has 0 aromatic heterocycles. The number of halogens is 2. The minimum atomic E-state index is -1.25. The van der Waals surface area contributed by atoms with Crippen LogP contribution >= 0.6 is 11.6 Å². The van der Waals surface area contributed by atoms with Crippen molar-refractivity contribution in [3.05, 3.63) is 40.7 Å². The molecule has 0 radical (unpaired) electrons. The van der Waals surface area contributed by atoms with Crippen molar-refractivity contribution in [2.75, 3.05) is 40.0 Å². The number of hydrogen-bond donors (Lipinski definition) is 2. The van der Waals surface area contributed by atoms with Gasteiger partial charge in [-0.25, -0.2) is 4.39 Å². The molecule has 10 heteroatoms. The van der Waals surface area contributed by atoms with Crippen molar-refractivity contribution in [3.63, 3.8) is 0 Å². The van der Waals surface area contributed by atoms with Gasteiger partial charge in [-0.3, -0.25) is 9.59 Å². The molecule has 37 heavy (non-hydrogen) atoms. The quantitative estimate of drug-likeness (QED) is 0.555. The lowest BCUT2D eigenvalue weighted by Crippen LogP contribution is -2.53. The molecular weight excluding hydrogens is 503 g/mol. The average molecular weight is 543 g/mol. The molecule has 1 fully saturated rings. The van der Waals surface area contributed by atoms with Crippen LogP contribution in [-0.2, 0) is 19.1 Å². The van der Waals surface area contributed by atoms with Gasteiger partial charge < -0.3 is 29.5 Å². The third-order valence-electron chi connectivity index (χ3n) is 6.42. The first-order chi connectivity index (χ1) is 17.5. The van der Waals surface area contributed by atoms with Crippen molar-refractivity contribution in [1.29, 1.82) is 0 Å². The fourth-order valence-electron chi connectivity index (χ4n) is 4.37. The second kappa shape index (κ2) is 15.4. The Bertz CT molecular complexity index is 915. The predicted octanol–water partition coefficient (Wildman–Crippen LogP) is 3.13. The summed E-state index contributed by atoms with van der Waals surface area (Å²) >= 11 is 6.13. The standard InChI is InChI=1S/C27H40ClFN2O6/c1-18(2)13-22-15-30(19(3)32)16-25(36-4)27(35)24(33)17-37-12-6-5-11-31(22)26(34)10-8-20-7-9-21(29)14-23(20)28/h7-10,14,18,22,24-25,27,33,35H,5-6,11-13,15-17H2,1-4H3/t22-,24+,25+,27+/m0/s1. The summed E-state index contributed by atoms with van der Waals surface area (Å²) in [7, 11) is 1.41. The first kappa shape index (κ1) is 31.2. The van der Waals surface area contributed by atoms with Crippen LogP contribution in [0.25, 0.3) is 6.08 Å². The normalized spacial score (nSPS) is 24.9. The van der Waals surface area contributed by atoms with Gasteiger partial charge in [-0.15, -0.1) is 0 Å². The van der Waals surface area contributed by atoms with E-state index in [1.165, 1.54) is 38.3 Å². The molecule has 2 amide bonds. The van der Waals surface area contributed by atoms with Gasteiger partial charge in [-0.1, -0.05) is 31.5 Å². The molecule has 1 heterocycles. The van der Waals surface area contributed by atoms with Crippen LogP contribution < -0.4 is 0 Å². The van der Waals surface area contributed by atoms with Gasteiger partial charge in [0.25, 0.3) is 0 Å². The maximum atomic E-state index is 13.5. The van der Waals surface area contributed by atoms with Crippen molar-refractivity contribution >= 4 is 29.5 Å². The molecule has 2 N–H and O–H groups in total. The molecular formula is C27H40ClFN2O6. The van der Waals surface area contributed by atoms with E-state index in [1.807, 2.05) is 13.8 Å². The lowest BCUT2D eigenvalue weighted by molar-refractivity contribution is -0.140. The number of amides is 2.